The van der Waals surface area contributed by atoms with Gasteiger partial charge in [-0.15, -0.1) is 0 Å². The van der Waals surface area contributed by atoms with Gasteiger partial charge in [-0.3, -0.25) is 0 Å². The average molecular weight is 627 g/mol. The van der Waals surface area contributed by atoms with E-state index in [0.29, 0.717) is 29.0 Å². The van der Waals surface area contributed by atoms with Crippen molar-refractivity contribution in [2.75, 3.05) is 0 Å². The number of aromatic nitrogens is 3. The van der Waals surface area contributed by atoms with Gasteiger partial charge in [0.05, 0.1) is 0 Å². The summed E-state index contributed by atoms with van der Waals surface area (Å²) in [5, 5.41) is 4.94. The second-order valence-corrected chi connectivity index (χ2v) is 14.2. The summed E-state index contributed by atoms with van der Waals surface area (Å²) in [6.07, 6.45) is 0. The number of nitrogens with zero attached hydrogens (tertiary/aromatic N) is 3. The molecule has 0 amide bonds. The number of hydrogen-bond donors (Lipinski definition) is 0. The molecule has 5 heterocycles. The predicted molar refractivity (Wildman–Crippen MR) is 166 cm³/mol. The summed E-state index contributed by atoms with van der Waals surface area (Å²) < 4.78 is 8.49. The van der Waals surface area contributed by atoms with Crippen LogP contribution in [0.2, 0.25) is 0 Å². The van der Waals surface area contributed by atoms with Crippen molar-refractivity contribution in [2.45, 2.75) is 0 Å². The minimum absolute atomic E-state index is 0.306. The molecule has 5 heteroatoms. The molecule has 0 aliphatic rings. The molecule has 5 aromatic heterocycles. The first-order valence-corrected chi connectivity index (χ1v) is 16.4. The van der Waals surface area contributed by atoms with E-state index < -0.39 is 0 Å². The molecule has 9 rings (SSSR count). The Morgan fingerprint density at radius 2 is 1.03 bits per heavy atom. The van der Waals surface area contributed by atoms with Gasteiger partial charge in [-0.25, -0.2) is 0 Å². The molecule has 0 saturated heterocycles. The van der Waals surface area contributed by atoms with E-state index in [1.165, 1.54) is 30.3 Å². The maximum absolute atomic E-state index is 5.40. The van der Waals surface area contributed by atoms with Crippen LogP contribution in [0.15, 0.2) is 115 Å². The Labute approximate surface area is 235 Å². The van der Waals surface area contributed by atoms with Crippen LogP contribution in [-0.2, 0) is 0 Å². The van der Waals surface area contributed by atoms with E-state index >= 15 is 0 Å². The Morgan fingerprint density at radius 1 is 0.487 bits per heavy atom. The minimum atomic E-state index is 0.306. The third-order valence-electron chi connectivity index (χ3n) is 7.60. The first kappa shape index (κ1) is 21.9. The molecule has 3 nitrogen and oxygen atoms in total. The van der Waals surface area contributed by atoms with Gasteiger partial charge in [0.15, 0.2) is 0 Å². The average Bonchev–Trinajstić information content (AvgIpc) is 3.65. The van der Waals surface area contributed by atoms with Crippen LogP contribution in [0.3, 0.4) is 0 Å². The number of pyridine rings is 2. The summed E-state index contributed by atoms with van der Waals surface area (Å²) >= 11 is 0.613. The first-order valence-electron chi connectivity index (χ1n) is 12.9. The van der Waals surface area contributed by atoms with Crippen LogP contribution in [0.4, 0.5) is 0 Å². The van der Waals surface area contributed by atoms with Crippen LogP contribution in [0.1, 0.15) is 0 Å². The quantitative estimate of drug-likeness (QED) is 0.144. The zero-order valence-electron chi connectivity index (χ0n) is 20.6. The van der Waals surface area contributed by atoms with E-state index in [9.17, 15) is 0 Å². The zero-order chi connectivity index (χ0) is 25.5. The van der Waals surface area contributed by atoms with E-state index in [1.807, 2.05) is 6.07 Å². The van der Waals surface area contributed by atoms with Crippen molar-refractivity contribution in [3.63, 3.8) is 0 Å². The monoisotopic (exact) mass is 629 g/mol. The molecule has 0 spiro atoms. The summed E-state index contributed by atoms with van der Waals surface area (Å²) in [5.74, 6) is 0.972. The van der Waals surface area contributed by atoms with Gasteiger partial charge in [-0.1, -0.05) is 6.07 Å². The SMILES string of the molecule is c1ccc(-c2ccc3ccc4ccc(-n5c6c7ccccc7[se]c6c6[se]c7ccccc7c65)nc4c3n2)cc1. The summed E-state index contributed by atoms with van der Waals surface area (Å²) in [6, 6.07) is 41.3. The van der Waals surface area contributed by atoms with Crippen LogP contribution < -0.4 is 0 Å². The summed E-state index contributed by atoms with van der Waals surface area (Å²) in [6.45, 7) is 0. The van der Waals surface area contributed by atoms with Gasteiger partial charge in [0.25, 0.3) is 0 Å². The second-order valence-electron chi connectivity index (χ2n) is 9.83. The molecule has 0 fully saturated rings. The van der Waals surface area contributed by atoms with E-state index in [1.54, 1.807) is 8.52 Å². The third-order valence-corrected chi connectivity index (χ3v) is 13.2. The van der Waals surface area contributed by atoms with Crippen molar-refractivity contribution in [1.29, 1.82) is 0 Å². The van der Waals surface area contributed by atoms with Crippen LogP contribution in [0.5, 0.6) is 0 Å². The number of hydrogen-bond acceptors (Lipinski definition) is 2. The van der Waals surface area contributed by atoms with Crippen molar-refractivity contribution in [3.05, 3.63) is 115 Å². The fourth-order valence-electron chi connectivity index (χ4n) is 5.81. The third kappa shape index (κ3) is 3.16. The number of benzene rings is 4. The van der Waals surface area contributed by atoms with E-state index in [2.05, 4.69) is 114 Å². The number of fused-ring (bicyclic) bond motifs is 10. The fraction of sp³-hybridized carbons (Fsp3) is 0. The topological polar surface area (TPSA) is 30.7 Å². The van der Waals surface area contributed by atoms with Crippen LogP contribution in [-0.4, -0.2) is 43.5 Å². The Hall–Kier alpha value is -3.98. The molecule has 9 aromatic rings. The van der Waals surface area contributed by atoms with E-state index in [-0.39, 0.29) is 0 Å². The summed E-state index contributed by atoms with van der Waals surface area (Å²) in [4.78, 5) is 10.5. The van der Waals surface area contributed by atoms with E-state index in [0.717, 1.165) is 38.9 Å². The molecule has 0 radical (unpaired) electrons. The Bertz CT molecular complexity index is 2310. The molecule has 0 unspecified atom stereocenters. The summed E-state index contributed by atoms with van der Waals surface area (Å²) in [7, 11) is 0. The Morgan fingerprint density at radius 3 is 1.69 bits per heavy atom. The standard InChI is InChI=1S/C34H19N3Se2/c1-2-8-20(9-3-1)25-18-16-21-14-15-22-17-19-28(36-30(22)29(21)35-25)37-31-23-10-4-6-12-26(23)38-33(31)34-32(37)24-11-5-7-13-27(24)39-34/h1-19H. The molecule has 4 aromatic carbocycles. The van der Waals surface area contributed by atoms with Crippen LogP contribution >= 0.6 is 0 Å². The molecule has 0 saturated carbocycles. The summed E-state index contributed by atoms with van der Waals surface area (Å²) in [5.41, 5.74) is 6.68. The number of rotatable bonds is 2. The van der Waals surface area contributed by atoms with Crippen LogP contribution in [0, 0.1) is 0 Å². The van der Waals surface area contributed by atoms with Gasteiger partial charge >= 0.3 is 230 Å². The van der Waals surface area contributed by atoms with E-state index in [4.69, 9.17) is 9.97 Å². The van der Waals surface area contributed by atoms with Gasteiger partial charge in [-0.05, 0) is 0 Å². The predicted octanol–water partition coefficient (Wildman–Crippen LogP) is 7.97. The van der Waals surface area contributed by atoms with Crippen molar-refractivity contribution >= 4 is 89.7 Å². The molecule has 0 atom stereocenters. The molecule has 0 aliphatic carbocycles. The Balaban J connectivity index is 1.41. The van der Waals surface area contributed by atoms with Gasteiger partial charge in [0.1, 0.15) is 0 Å². The van der Waals surface area contributed by atoms with Gasteiger partial charge in [0.2, 0.25) is 0 Å². The van der Waals surface area contributed by atoms with Gasteiger partial charge in [-0.2, -0.15) is 0 Å². The van der Waals surface area contributed by atoms with Crippen molar-refractivity contribution in [3.8, 4) is 17.1 Å². The van der Waals surface area contributed by atoms with Gasteiger partial charge in [0, 0.05) is 0 Å². The molecule has 0 bridgehead atoms. The van der Waals surface area contributed by atoms with Crippen molar-refractivity contribution in [2.24, 2.45) is 0 Å². The van der Waals surface area contributed by atoms with Crippen LogP contribution in [0.25, 0.3) is 77.7 Å². The normalized spacial score (nSPS) is 12.1. The van der Waals surface area contributed by atoms with Gasteiger partial charge < -0.3 is 0 Å². The molecule has 182 valence electrons. The Kier molecular flexibility index (Phi) is 4.64. The fourth-order valence-corrected chi connectivity index (χ4v) is 11.5. The molecule has 39 heavy (non-hydrogen) atoms. The van der Waals surface area contributed by atoms with Crippen molar-refractivity contribution in [1.82, 2.24) is 14.5 Å². The second kappa shape index (κ2) is 8.26. The zero-order valence-corrected chi connectivity index (χ0v) is 24.1. The molecular weight excluding hydrogens is 608 g/mol. The first-order chi connectivity index (χ1) is 19.3. The molecule has 0 aliphatic heterocycles. The maximum atomic E-state index is 5.40. The van der Waals surface area contributed by atoms with Crippen molar-refractivity contribution < 1.29 is 0 Å². The molecule has 0 N–H and O–H groups in total. The molecular formula is C34H19N3Se2.